The minimum Gasteiger partial charge on any atom is -0.321 e. The molecule has 0 spiro atoms. The summed E-state index contributed by atoms with van der Waals surface area (Å²) in [5.74, 6) is -2.13. The van der Waals surface area contributed by atoms with Crippen molar-refractivity contribution in [3.8, 4) is 0 Å². The number of nitrogens with zero attached hydrogens (tertiary/aromatic N) is 2. The highest BCUT2D eigenvalue weighted by Crippen LogP contribution is 2.31. The number of imide groups is 1. The number of carbonyl (C=O) groups excluding carboxylic acids is 3. The van der Waals surface area contributed by atoms with Crippen molar-refractivity contribution < 1.29 is 18.8 Å². The molecule has 1 saturated heterocycles. The van der Waals surface area contributed by atoms with Crippen LogP contribution in [0.1, 0.15) is 43.1 Å². The van der Waals surface area contributed by atoms with Gasteiger partial charge < -0.3 is 4.90 Å². The molecule has 0 N–H and O–H groups in total. The lowest BCUT2D eigenvalue weighted by Crippen LogP contribution is -2.54. The number of rotatable bonds is 3. The third-order valence-electron chi connectivity index (χ3n) is 4.77. The molecule has 1 aliphatic rings. The topological polar surface area (TPSA) is 57.7 Å². The fraction of sp³-hybridized carbons (Fsp3) is 0.318. The van der Waals surface area contributed by atoms with Crippen molar-refractivity contribution in [3.63, 3.8) is 0 Å². The summed E-state index contributed by atoms with van der Waals surface area (Å²) in [5, 5.41) is 0. The van der Waals surface area contributed by atoms with Crippen molar-refractivity contribution >= 4 is 23.4 Å². The first-order valence-corrected chi connectivity index (χ1v) is 9.13. The van der Waals surface area contributed by atoms with Crippen LogP contribution in [-0.4, -0.2) is 34.2 Å². The number of benzene rings is 2. The fourth-order valence-electron chi connectivity index (χ4n) is 3.46. The molecular formula is C22H23FN2O3. The van der Waals surface area contributed by atoms with Crippen LogP contribution in [0.15, 0.2) is 48.5 Å². The van der Waals surface area contributed by atoms with Gasteiger partial charge in [0.15, 0.2) is 0 Å². The second-order valence-electron chi connectivity index (χ2n) is 7.95. The first-order chi connectivity index (χ1) is 13.1. The van der Waals surface area contributed by atoms with E-state index in [1.807, 2.05) is 19.1 Å². The van der Waals surface area contributed by atoms with Crippen LogP contribution in [0.4, 0.5) is 10.1 Å². The number of hydrogen-bond donors (Lipinski definition) is 0. The Bertz CT molecular complexity index is 932. The first kappa shape index (κ1) is 19.7. The maximum atomic E-state index is 14.2. The molecule has 0 bridgehead atoms. The SMILES string of the molecule is Cc1ccc(N2C(=O)CC(N(C(=O)c3ccccc3F)C(C)(C)C)C2=O)cc1. The van der Waals surface area contributed by atoms with Gasteiger partial charge in [0.2, 0.25) is 5.91 Å². The van der Waals surface area contributed by atoms with Gasteiger partial charge in [0.25, 0.3) is 11.8 Å². The highest BCUT2D eigenvalue weighted by Gasteiger charge is 2.48. The summed E-state index contributed by atoms with van der Waals surface area (Å²) >= 11 is 0. The van der Waals surface area contributed by atoms with Crippen LogP contribution >= 0.6 is 0 Å². The third kappa shape index (κ3) is 3.54. The summed E-state index contributed by atoms with van der Waals surface area (Å²) in [6.07, 6.45) is -0.135. The van der Waals surface area contributed by atoms with Gasteiger partial charge >= 0.3 is 0 Å². The molecule has 5 nitrogen and oxygen atoms in total. The Labute approximate surface area is 163 Å². The lowest BCUT2D eigenvalue weighted by molar-refractivity contribution is -0.123. The van der Waals surface area contributed by atoms with Crippen LogP contribution in [0.5, 0.6) is 0 Å². The zero-order valence-electron chi connectivity index (χ0n) is 16.4. The molecule has 3 rings (SSSR count). The van der Waals surface area contributed by atoms with Crippen molar-refractivity contribution in [1.82, 2.24) is 4.90 Å². The van der Waals surface area contributed by atoms with Crippen molar-refractivity contribution in [3.05, 3.63) is 65.5 Å². The number of aryl methyl sites for hydroxylation is 1. The number of halogens is 1. The van der Waals surface area contributed by atoms with Crippen LogP contribution in [-0.2, 0) is 9.59 Å². The summed E-state index contributed by atoms with van der Waals surface area (Å²) in [4.78, 5) is 41.3. The minimum atomic E-state index is -0.985. The Balaban J connectivity index is 1.99. The fourth-order valence-corrected chi connectivity index (χ4v) is 3.46. The maximum Gasteiger partial charge on any atom is 0.257 e. The van der Waals surface area contributed by atoms with E-state index in [2.05, 4.69) is 0 Å². The smallest absolute Gasteiger partial charge is 0.257 e. The largest absolute Gasteiger partial charge is 0.321 e. The zero-order chi connectivity index (χ0) is 20.6. The van der Waals surface area contributed by atoms with E-state index in [1.165, 1.54) is 23.1 Å². The van der Waals surface area contributed by atoms with Gasteiger partial charge in [-0.15, -0.1) is 0 Å². The van der Waals surface area contributed by atoms with Crippen LogP contribution in [0.2, 0.25) is 0 Å². The van der Waals surface area contributed by atoms with Crippen LogP contribution in [0.3, 0.4) is 0 Å². The molecule has 2 aromatic carbocycles. The minimum absolute atomic E-state index is 0.119. The molecule has 0 saturated carbocycles. The molecule has 2 aromatic rings. The average Bonchev–Trinajstić information content (AvgIpc) is 2.89. The third-order valence-corrected chi connectivity index (χ3v) is 4.77. The first-order valence-electron chi connectivity index (χ1n) is 9.13. The zero-order valence-corrected chi connectivity index (χ0v) is 16.4. The lowest BCUT2D eigenvalue weighted by atomic mass is 9.99. The number of anilines is 1. The second-order valence-corrected chi connectivity index (χ2v) is 7.95. The summed E-state index contributed by atoms with van der Waals surface area (Å²) in [6.45, 7) is 7.20. The van der Waals surface area contributed by atoms with Crippen LogP contribution < -0.4 is 4.90 Å². The van der Waals surface area contributed by atoms with Crippen molar-refractivity contribution in [2.45, 2.75) is 45.7 Å². The predicted octanol–water partition coefficient (Wildman–Crippen LogP) is 3.71. The van der Waals surface area contributed by atoms with E-state index >= 15 is 0 Å². The molecule has 1 unspecified atom stereocenters. The van der Waals surface area contributed by atoms with Gasteiger partial charge in [0, 0.05) is 5.54 Å². The van der Waals surface area contributed by atoms with Crippen molar-refractivity contribution in [1.29, 1.82) is 0 Å². The quantitative estimate of drug-likeness (QED) is 0.761. The molecule has 1 atom stereocenters. The van der Waals surface area contributed by atoms with E-state index in [-0.39, 0.29) is 17.9 Å². The highest BCUT2D eigenvalue weighted by atomic mass is 19.1. The van der Waals surface area contributed by atoms with Gasteiger partial charge in [-0.3, -0.25) is 14.4 Å². The van der Waals surface area contributed by atoms with Gasteiger partial charge in [-0.25, -0.2) is 9.29 Å². The van der Waals surface area contributed by atoms with Gasteiger partial charge in [0.1, 0.15) is 11.9 Å². The van der Waals surface area contributed by atoms with Crippen LogP contribution in [0, 0.1) is 12.7 Å². The van der Waals surface area contributed by atoms with Crippen molar-refractivity contribution in [2.24, 2.45) is 0 Å². The summed E-state index contributed by atoms with van der Waals surface area (Å²) in [7, 11) is 0. The van der Waals surface area contributed by atoms with E-state index < -0.39 is 29.2 Å². The standard InChI is InChI=1S/C22H23FN2O3/c1-14-9-11-15(12-10-14)24-19(26)13-18(21(24)28)25(22(2,3)4)20(27)16-7-5-6-8-17(16)23/h5-12,18H,13H2,1-4H3. The molecule has 0 aliphatic carbocycles. The lowest BCUT2D eigenvalue weighted by Gasteiger charge is -2.39. The molecule has 0 radical (unpaired) electrons. The highest BCUT2D eigenvalue weighted by molar-refractivity contribution is 6.23. The molecule has 1 fully saturated rings. The van der Waals surface area contributed by atoms with E-state index in [0.717, 1.165) is 10.5 Å². The second kappa shape index (κ2) is 7.19. The number of hydrogen-bond acceptors (Lipinski definition) is 3. The molecule has 28 heavy (non-hydrogen) atoms. The molecule has 1 aliphatic heterocycles. The van der Waals surface area contributed by atoms with Gasteiger partial charge in [0.05, 0.1) is 17.7 Å². The van der Waals surface area contributed by atoms with Gasteiger partial charge in [-0.1, -0.05) is 29.8 Å². The molecule has 3 amide bonds. The monoisotopic (exact) mass is 382 g/mol. The van der Waals surface area contributed by atoms with E-state index in [0.29, 0.717) is 5.69 Å². The summed E-state index contributed by atoms with van der Waals surface area (Å²) < 4.78 is 14.2. The Morgan fingerprint density at radius 2 is 1.68 bits per heavy atom. The molecule has 146 valence electrons. The predicted molar refractivity (Wildman–Crippen MR) is 104 cm³/mol. The molecule has 6 heteroatoms. The van der Waals surface area contributed by atoms with Gasteiger partial charge in [-0.2, -0.15) is 0 Å². The summed E-state index contributed by atoms with van der Waals surface area (Å²) in [5.41, 5.74) is 0.565. The molecule has 0 aromatic heterocycles. The van der Waals surface area contributed by atoms with E-state index in [9.17, 15) is 18.8 Å². The maximum absolute atomic E-state index is 14.2. The Hall–Kier alpha value is -3.02. The Kier molecular flexibility index (Phi) is 5.06. The molecular weight excluding hydrogens is 359 g/mol. The average molecular weight is 382 g/mol. The van der Waals surface area contributed by atoms with Gasteiger partial charge in [-0.05, 0) is 52.0 Å². The molecule has 1 heterocycles. The van der Waals surface area contributed by atoms with Crippen molar-refractivity contribution in [2.75, 3.05) is 4.90 Å². The Morgan fingerprint density at radius 3 is 2.25 bits per heavy atom. The normalized spacial score (nSPS) is 17.2. The van der Waals surface area contributed by atoms with E-state index in [4.69, 9.17) is 0 Å². The van der Waals surface area contributed by atoms with E-state index in [1.54, 1.807) is 39.0 Å². The number of amides is 3. The van der Waals surface area contributed by atoms with Crippen LogP contribution in [0.25, 0.3) is 0 Å². The summed E-state index contributed by atoms with van der Waals surface area (Å²) in [6, 6.07) is 11.7. The Morgan fingerprint density at radius 1 is 1.07 bits per heavy atom. The number of carbonyl (C=O) groups is 3.